The summed E-state index contributed by atoms with van der Waals surface area (Å²) in [5.41, 5.74) is 1.89. The number of rotatable bonds is 8. The minimum Gasteiger partial charge on any atom is -0.462 e. The van der Waals surface area contributed by atoms with Gasteiger partial charge in [0, 0.05) is 9.26 Å². The first-order valence-corrected chi connectivity index (χ1v) is 12.6. The average Bonchev–Trinajstić information content (AvgIpc) is 2.80. The monoisotopic (exact) mass is 578 g/mol. The van der Waals surface area contributed by atoms with Crippen LogP contribution >= 0.6 is 22.6 Å². The molecule has 0 saturated carbocycles. The van der Waals surface area contributed by atoms with Crippen LogP contribution < -0.4 is 9.62 Å². The van der Waals surface area contributed by atoms with Crippen molar-refractivity contribution >= 4 is 55.9 Å². The van der Waals surface area contributed by atoms with Crippen molar-refractivity contribution in [1.29, 1.82) is 0 Å². The van der Waals surface area contributed by atoms with Crippen molar-refractivity contribution in [2.75, 3.05) is 22.8 Å². The molecule has 3 aromatic rings. The van der Waals surface area contributed by atoms with E-state index in [1.807, 2.05) is 0 Å². The van der Waals surface area contributed by atoms with E-state index in [0.29, 0.717) is 22.5 Å². The van der Waals surface area contributed by atoms with Gasteiger partial charge >= 0.3 is 5.97 Å². The first-order chi connectivity index (χ1) is 15.7. The van der Waals surface area contributed by atoms with Gasteiger partial charge in [-0.15, -0.1) is 0 Å². The zero-order valence-corrected chi connectivity index (χ0v) is 21.1. The molecular weight excluding hydrogens is 555 g/mol. The predicted molar refractivity (Wildman–Crippen MR) is 136 cm³/mol. The lowest BCUT2D eigenvalue weighted by Gasteiger charge is -2.24. The Balaban J connectivity index is 1.87. The summed E-state index contributed by atoms with van der Waals surface area (Å²) in [6.45, 7) is 3.32. The number of halogens is 1. The molecule has 0 heterocycles. The van der Waals surface area contributed by atoms with Crippen molar-refractivity contribution in [3.05, 3.63) is 87.5 Å². The van der Waals surface area contributed by atoms with Gasteiger partial charge in [-0.1, -0.05) is 18.2 Å². The molecule has 0 aliphatic heterocycles. The largest absolute Gasteiger partial charge is 0.462 e. The van der Waals surface area contributed by atoms with Gasteiger partial charge in [-0.05, 0) is 96.6 Å². The fraction of sp³-hybridized carbons (Fsp3) is 0.167. The maximum absolute atomic E-state index is 13.3. The molecule has 0 saturated heterocycles. The van der Waals surface area contributed by atoms with Gasteiger partial charge in [-0.2, -0.15) is 0 Å². The maximum atomic E-state index is 13.3. The molecule has 9 heteroatoms. The van der Waals surface area contributed by atoms with E-state index in [4.69, 9.17) is 4.74 Å². The second kappa shape index (κ2) is 10.8. The van der Waals surface area contributed by atoms with Gasteiger partial charge in [0.15, 0.2) is 0 Å². The number of anilines is 2. The van der Waals surface area contributed by atoms with Crippen molar-refractivity contribution in [3.63, 3.8) is 0 Å². The normalized spacial score (nSPS) is 11.0. The van der Waals surface area contributed by atoms with Crippen LogP contribution in [0.15, 0.2) is 77.7 Å². The number of nitrogens with zero attached hydrogens (tertiary/aromatic N) is 1. The van der Waals surface area contributed by atoms with Gasteiger partial charge in [0.1, 0.15) is 6.54 Å². The number of benzene rings is 3. The number of hydrogen-bond donors (Lipinski definition) is 1. The second-order valence-electron chi connectivity index (χ2n) is 7.10. The topological polar surface area (TPSA) is 92.8 Å². The van der Waals surface area contributed by atoms with E-state index in [9.17, 15) is 18.0 Å². The molecule has 0 radical (unpaired) electrons. The molecule has 0 fully saturated rings. The fourth-order valence-corrected chi connectivity index (χ4v) is 4.91. The highest BCUT2D eigenvalue weighted by atomic mass is 127. The van der Waals surface area contributed by atoms with Gasteiger partial charge in [0.25, 0.3) is 10.0 Å². The Kier molecular flexibility index (Phi) is 8.09. The Labute approximate surface area is 207 Å². The molecule has 0 spiro atoms. The van der Waals surface area contributed by atoms with Gasteiger partial charge in [-0.3, -0.25) is 9.10 Å². The number of amides is 1. The van der Waals surface area contributed by atoms with E-state index in [0.717, 1.165) is 7.88 Å². The van der Waals surface area contributed by atoms with Crippen LogP contribution in [0.1, 0.15) is 22.8 Å². The summed E-state index contributed by atoms with van der Waals surface area (Å²) in [5, 5.41) is 2.74. The summed E-state index contributed by atoms with van der Waals surface area (Å²) in [4.78, 5) is 24.9. The quantitative estimate of drug-likeness (QED) is 0.312. The summed E-state index contributed by atoms with van der Waals surface area (Å²) < 4.78 is 33.7. The molecule has 0 bridgehead atoms. The average molecular weight is 578 g/mol. The number of nitrogens with one attached hydrogen (secondary N) is 1. The fourth-order valence-electron chi connectivity index (χ4n) is 3.11. The molecule has 3 aromatic carbocycles. The van der Waals surface area contributed by atoms with E-state index in [-0.39, 0.29) is 11.5 Å². The summed E-state index contributed by atoms with van der Waals surface area (Å²) in [6, 6.07) is 19.6. The Hall–Kier alpha value is -2.92. The van der Waals surface area contributed by atoms with Crippen LogP contribution in [0.3, 0.4) is 0 Å². The molecule has 172 valence electrons. The van der Waals surface area contributed by atoms with E-state index >= 15 is 0 Å². The lowest BCUT2D eigenvalue weighted by Crippen LogP contribution is -2.38. The molecule has 3 rings (SSSR count). The highest BCUT2D eigenvalue weighted by Gasteiger charge is 2.27. The number of esters is 1. The summed E-state index contributed by atoms with van der Waals surface area (Å²) >= 11 is 2.13. The lowest BCUT2D eigenvalue weighted by atomic mass is 10.1. The number of carbonyl (C=O) groups is 2. The molecule has 0 atom stereocenters. The van der Waals surface area contributed by atoms with Gasteiger partial charge < -0.3 is 10.1 Å². The third kappa shape index (κ3) is 6.11. The summed E-state index contributed by atoms with van der Waals surface area (Å²) in [7, 11) is -3.98. The SMILES string of the molecule is CCOC(=O)c1ccc(NC(=O)CN(c2ccc(I)cc2)S(=O)(=O)c2ccccc2)c(C)c1. The lowest BCUT2D eigenvalue weighted by molar-refractivity contribution is -0.114. The number of aryl methyl sites for hydroxylation is 1. The zero-order valence-electron chi connectivity index (χ0n) is 18.1. The van der Waals surface area contributed by atoms with Crippen LogP contribution in [0.5, 0.6) is 0 Å². The zero-order chi connectivity index (χ0) is 24.0. The molecule has 1 amide bonds. The molecule has 7 nitrogen and oxygen atoms in total. The Morgan fingerprint density at radius 3 is 2.27 bits per heavy atom. The van der Waals surface area contributed by atoms with Crippen LogP contribution in [-0.4, -0.2) is 33.4 Å². The predicted octanol–water partition coefficient (Wildman–Crippen LogP) is 4.61. The van der Waals surface area contributed by atoms with Crippen molar-refractivity contribution in [2.45, 2.75) is 18.7 Å². The molecule has 0 aromatic heterocycles. The minimum atomic E-state index is -3.98. The molecule has 33 heavy (non-hydrogen) atoms. The molecule has 0 unspecified atom stereocenters. The minimum absolute atomic E-state index is 0.0892. The van der Waals surface area contributed by atoms with Crippen LogP contribution in [0.25, 0.3) is 0 Å². The molecule has 1 N–H and O–H groups in total. The molecular formula is C24H23IN2O5S. The van der Waals surface area contributed by atoms with E-state index < -0.39 is 28.4 Å². The number of sulfonamides is 1. The standard InChI is InChI=1S/C24H23IN2O5S/c1-3-32-24(29)18-9-14-22(17(2)15-18)26-23(28)16-27(20-12-10-19(25)11-13-20)33(30,31)21-7-5-4-6-8-21/h4-15H,3,16H2,1-2H3,(H,26,28). The smallest absolute Gasteiger partial charge is 0.338 e. The van der Waals surface area contributed by atoms with Crippen LogP contribution in [0.4, 0.5) is 11.4 Å². The summed E-state index contributed by atoms with van der Waals surface area (Å²) in [6.07, 6.45) is 0. The van der Waals surface area contributed by atoms with Gasteiger partial charge in [0.05, 0.1) is 22.8 Å². The van der Waals surface area contributed by atoms with E-state index in [1.54, 1.807) is 74.5 Å². The van der Waals surface area contributed by atoms with Crippen LogP contribution in [0, 0.1) is 10.5 Å². The number of carbonyl (C=O) groups excluding carboxylic acids is 2. The van der Waals surface area contributed by atoms with Gasteiger partial charge in [-0.25, -0.2) is 13.2 Å². The Bertz CT molecular complexity index is 1250. The number of hydrogen-bond acceptors (Lipinski definition) is 5. The summed E-state index contributed by atoms with van der Waals surface area (Å²) in [5.74, 6) is -0.961. The first kappa shape index (κ1) is 24.7. The molecule has 0 aliphatic rings. The van der Waals surface area contributed by atoms with Crippen LogP contribution in [0.2, 0.25) is 0 Å². The van der Waals surface area contributed by atoms with E-state index in [1.165, 1.54) is 12.1 Å². The van der Waals surface area contributed by atoms with Crippen LogP contribution in [-0.2, 0) is 19.6 Å². The van der Waals surface area contributed by atoms with Gasteiger partial charge in [0.2, 0.25) is 5.91 Å². The third-order valence-corrected chi connectivity index (χ3v) is 7.25. The Morgan fingerprint density at radius 1 is 1.00 bits per heavy atom. The highest BCUT2D eigenvalue weighted by Crippen LogP contribution is 2.25. The molecule has 0 aliphatic carbocycles. The highest BCUT2D eigenvalue weighted by molar-refractivity contribution is 14.1. The maximum Gasteiger partial charge on any atom is 0.338 e. The van der Waals surface area contributed by atoms with Crippen molar-refractivity contribution in [3.8, 4) is 0 Å². The van der Waals surface area contributed by atoms with Crippen molar-refractivity contribution < 1.29 is 22.7 Å². The number of ether oxygens (including phenoxy) is 1. The first-order valence-electron chi connectivity index (χ1n) is 10.1. The third-order valence-electron chi connectivity index (χ3n) is 4.74. The second-order valence-corrected chi connectivity index (χ2v) is 10.2. The van der Waals surface area contributed by atoms with Crippen molar-refractivity contribution in [2.24, 2.45) is 0 Å². The van der Waals surface area contributed by atoms with Crippen molar-refractivity contribution in [1.82, 2.24) is 0 Å². The Morgan fingerprint density at radius 2 is 1.67 bits per heavy atom. The van der Waals surface area contributed by atoms with E-state index in [2.05, 4.69) is 27.9 Å².